The van der Waals surface area contributed by atoms with Gasteiger partial charge in [0.15, 0.2) is 0 Å². The molecular weight excluding hydrogens is 226 g/mol. The van der Waals surface area contributed by atoms with Gasteiger partial charge in [0.1, 0.15) is 6.07 Å². The lowest BCUT2D eigenvalue weighted by molar-refractivity contribution is -0.118. The van der Waals surface area contributed by atoms with Gasteiger partial charge < -0.3 is 10.6 Å². The van der Waals surface area contributed by atoms with Crippen LogP contribution in [0.4, 0.5) is 5.69 Å². The molecule has 4 nitrogen and oxygen atoms in total. The molecule has 0 unspecified atom stereocenters. The summed E-state index contributed by atoms with van der Waals surface area (Å²) in [5.74, 6) is -0.0559. The van der Waals surface area contributed by atoms with Gasteiger partial charge in [0.2, 0.25) is 5.91 Å². The van der Waals surface area contributed by atoms with Gasteiger partial charge in [0.05, 0.1) is 10.6 Å². The van der Waals surface area contributed by atoms with E-state index in [2.05, 4.69) is 10.6 Å². The summed E-state index contributed by atoms with van der Waals surface area (Å²) >= 11 is 5.86. The lowest BCUT2D eigenvalue weighted by atomic mass is 10.2. The van der Waals surface area contributed by atoms with Crippen molar-refractivity contribution in [2.24, 2.45) is 0 Å². The number of anilines is 1. The Bertz CT molecular complexity index is 426. The van der Waals surface area contributed by atoms with Crippen molar-refractivity contribution in [3.8, 4) is 6.07 Å². The zero-order chi connectivity index (χ0) is 12.0. The molecule has 0 saturated carbocycles. The monoisotopic (exact) mass is 237 g/mol. The third-order valence-electron chi connectivity index (χ3n) is 1.92. The Morgan fingerprint density at radius 2 is 2.25 bits per heavy atom. The van der Waals surface area contributed by atoms with E-state index in [0.29, 0.717) is 23.7 Å². The zero-order valence-corrected chi connectivity index (χ0v) is 9.64. The summed E-state index contributed by atoms with van der Waals surface area (Å²) in [7, 11) is 0. The van der Waals surface area contributed by atoms with Crippen molar-refractivity contribution in [3.63, 3.8) is 0 Å². The van der Waals surface area contributed by atoms with Crippen LogP contribution in [-0.4, -0.2) is 19.0 Å². The number of benzene rings is 1. The molecule has 0 aromatic heterocycles. The number of amides is 1. The smallest absolute Gasteiger partial charge is 0.216 e. The molecule has 0 bridgehead atoms. The second-order valence-corrected chi connectivity index (χ2v) is 3.62. The first-order valence-corrected chi connectivity index (χ1v) is 5.19. The Hall–Kier alpha value is -1.73. The summed E-state index contributed by atoms with van der Waals surface area (Å²) in [6, 6.07) is 7.11. The van der Waals surface area contributed by atoms with Crippen molar-refractivity contribution in [2.45, 2.75) is 6.92 Å². The normalized spacial score (nSPS) is 9.31. The summed E-state index contributed by atoms with van der Waals surface area (Å²) in [6.45, 7) is 2.63. The minimum Gasteiger partial charge on any atom is -0.383 e. The fourth-order valence-electron chi connectivity index (χ4n) is 1.16. The number of halogens is 1. The van der Waals surface area contributed by atoms with Gasteiger partial charge in [0, 0.05) is 25.7 Å². The Kier molecular flexibility index (Phi) is 4.62. The van der Waals surface area contributed by atoms with Crippen molar-refractivity contribution in [3.05, 3.63) is 28.8 Å². The summed E-state index contributed by atoms with van der Waals surface area (Å²) < 4.78 is 0. The van der Waals surface area contributed by atoms with Gasteiger partial charge in [-0.1, -0.05) is 11.6 Å². The third-order valence-corrected chi connectivity index (χ3v) is 2.23. The molecule has 0 aliphatic carbocycles. The molecule has 0 spiro atoms. The van der Waals surface area contributed by atoms with Crippen LogP contribution in [0.1, 0.15) is 12.5 Å². The first-order chi connectivity index (χ1) is 7.63. The van der Waals surface area contributed by atoms with Crippen LogP contribution in [0.3, 0.4) is 0 Å². The molecule has 0 heterocycles. The summed E-state index contributed by atoms with van der Waals surface area (Å²) in [4.78, 5) is 10.6. The van der Waals surface area contributed by atoms with Gasteiger partial charge in [0.25, 0.3) is 0 Å². The van der Waals surface area contributed by atoms with E-state index in [1.54, 1.807) is 18.2 Å². The Morgan fingerprint density at radius 3 is 2.81 bits per heavy atom. The quantitative estimate of drug-likeness (QED) is 0.785. The maximum Gasteiger partial charge on any atom is 0.216 e. The Balaban J connectivity index is 2.47. The first kappa shape index (κ1) is 12.3. The predicted octanol–water partition coefficient (Wildman–Crippen LogP) is 1.76. The van der Waals surface area contributed by atoms with Crippen molar-refractivity contribution in [1.82, 2.24) is 5.32 Å². The SMILES string of the molecule is CC(=O)NCCNc1ccc(C#N)c(Cl)c1. The maximum absolute atomic E-state index is 10.6. The van der Waals surface area contributed by atoms with Crippen LogP contribution < -0.4 is 10.6 Å². The highest BCUT2D eigenvalue weighted by atomic mass is 35.5. The number of nitrogens with zero attached hydrogens (tertiary/aromatic N) is 1. The van der Waals surface area contributed by atoms with Crippen molar-refractivity contribution in [1.29, 1.82) is 5.26 Å². The molecule has 5 heteroatoms. The minimum absolute atomic E-state index is 0.0559. The number of carbonyl (C=O) groups excluding carboxylic acids is 1. The van der Waals surface area contributed by atoms with Crippen LogP contribution >= 0.6 is 11.6 Å². The number of carbonyl (C=O) groups is 1. The van der Waals surface area contributed by atoms with Gasteiger partial charge in [-0.15, -0.1) is 0 Å². The van der Waals surface area contributed by atoms with Gasteiger partial charge in [-0.2, -0.15) is 5.26 Å². The molecule has 1 aromatic carbocycles. The van der Waals surface area contributed by atoms with Crippen LogP contribution in [0.5, 0.6) is 0 Å². The van der Waals surface area contributed by atoms with Crippen molar-refractivity contribution >= 4 is 23.2 Å². The Labute approximate surface area is 99.2 Å². The largest absolute Gasteiger partial charge is 0.383 e. The van der Waals surface area contributed by atoms with E-state index in [-0.39, 0.29) is 5.91 Å². The minimum atomic E-state index is -0.0559. The predicted molar refractivity (Wildman–Crippen MR) is 63.3 cm³/mol. The second kappa shape index (κ2) is 5.99. The molecule has 1 rings (SSSR count). The average Bonchev–Trinajstić information content (AvgIpc) is 2.24. The van der Waals surface area contributed by atoms with Crippen molar-refractivity contribution < 1.29 is 4.79 Å². The Morgan fingerprint density at radius 1 is 1.50 bits per heavy atom. The van der Waals surface area contributed by atoms with Crippen molar-refractivity contribution in [2.75, 3.05) is 18.4 Å². The molecule has 0 saturated heterocycles. The number of nitriles is 1. The van der Waals surface area contributed by atoms with Crippen LogP contribution in [0, 0.1) is 11.3 Å². The molecule has 84 valence electrons. The number of hydrogen-bond donors (Lipinski definition) is 2. The molecule has 0 radical (unpaired) electrons. The molecule has 16 heavy (non-hydrogen) atoms. The van der Waals surface area contributed by atoms with Crippen LogP contribution in [0.25, 0.3) is 0 Å². The highest BCUT2D eigenvalue weighted by Gasteiger charge is 2.00. The number of nitrogens with one attached hydrogen (secondary N) is 2. The maximum atomic E-state index is 10.6. The summed E-state index contributed by atoms with van der Waals surface area (Å²) in [5, 5.41) is 14.9. The summed E-state index contributed by atoms with van der Waals surface area (Å²) in [5.41, 5.74) is 1.28. The summed E-state index contributed by atoms with van der Waals surface area (Å²) in [6.07, 6.45) is 0. The lowest BCUT2D eigenvalue weighted by Crippen LogP contribution is -2.26. The van der Waals surface area contributed by atoms with Crippen LogP contribution in [0.2, 0.25) is 5.02 Å². The molecule has 0 aliphatic heterocycles. The van der Waals surface area contributed by atoms with Gasteiger partial charge in [-0.3, -0.25) is 4.79 Å². The fraction of sp³-hybridized carbons (Fsp3) is 0.273. The zero-order valence-electron chi connectivity index (χ0n) is 8.88. The van der Waals surface area contributed by atoms with E-state index in [4.69, 9.17) is 16.9 Å². The van der Waals surface area contributed by atoms with Gasteiger partial charge >= 0.3 is 0 Å². The van der Waals surface area contributed by atoms with E-state index < -0.39 is 0 Å². The van der Waals surface area contributed by atoms with E-state index in [1.165, 1.54) is 6.92 Å². The second-order valence-electron chi connectivity index (χ2n) is 3.22. The van der Waals surface area contributed by atoms with E-state index >= 15 is 0 Å². The first-order valence-electron chi connectivity index (χ1n) is 4.81. The van der Waals surface area contributed by atoms with Crippen LogP contribution in [0.15, 0.2) is 18.2 Å². The molecule has 2 N–H and O–H groups in total. The standard InChI is InChI=1S/C11H12ClN3O/c1-8(16)14-4-5-15-10-3-2-9(7-13)11(12)6-10/h2-3,6,15H,4-5H2,1H3,(H,14,16). The molecule has 0 atom stereocenters. The van der Waals surface area contributed by atoms with Gasteiger partial charge in [-0.05, 0) is 18.2 Å². The van der Waals surface area contributed by atoms with E-state index in [0.717, 1.165) is 5.69 Å². The molecule has 1 amide bonds. The van der Waals surface area contributed by atoms with Gasteiger partial charge in [-0.25, -0.2) is 0 Å². The number of rotatable bonds is 4. The van der Waals surface area contributed by atoms with Crippen LogP contribution in [-0.2, 0) is 4.79 Å². The third kappa shape index (κ3) is 3.79. The van der Waals surface area contributed by atoms with E-state index in [1.807, 2.05) is 6.07 Å². The highest BCUT2D eigenvalue weighted by Crippen LogP contribution is 2.19. The number of hydrogen-bond acceptors (Lipinski definition) is 3. The fourth-order valence-corrected chi connectivity index (χ4v) is 1.38. The molecular formula is C11H12ClN3O. The highest BCUT2D eigenvalue weighted by molar-refractivity contribution is 6.32. The lowest BCUT2D eigenvalue weighted by Gasteiger charge is -2.07. The molecule has 0 fully saturated rings. The van der Waals surface area contributed by atoms with E-state index in [9.17, 15) is 4.79 Å². The molecule has 1 aromatic rings. The molecule has 0 aliphatic rings. The topological polar surface area (TPSA) is 64.9 Å². The average molecular weight is 238 g/mol.